The Bertz CT molecular complexity index is 327. The van der Waals surface area contributed by atoms with Crippen LogP contribution >= 0.6 is 11.6 Å². The van der Waals surface area contributed by atoms with Crippen molar-refractivity contribution < 1.29 is 9.47 Å². The van der Waals surface area contributed by atoms with E-state index in [-0.39, 0.29) is 0 Å². The minimum absolute atomic E-state index is 0.543. The number of rotatable bonds is 7. The van der Waals surface area contributed by atoms with Crippen molar-refractivity contribution in [1.82, 2.24) is 0 Å². The Morgan fingerprint density at radius 1 is 1.06 bits per heavy atom. The molecule has 1 rings (SSSR count). The lowest BCUT2D eigenvalue weighted by Crippen LogP contribution is -2.08. The minimum atomic E-state index is 0.543. The van der Waals surface area contributed by atoms with Gasteiger partial charge in [-0.1, -0.05) is 19.1 Å². The third kappa shape index (κ3) is 4.57. The standard InChI is InChI=1S/C14H21ClO2/c1-4-5-16-6-7-17-14-11(2)8-13(10-15)9-12(14)3/h8-9H,4-7,10H2,1-3H3. The van der Waals surface area contributed by atoms with Crippen molar-refractivity contribution in [3.05, 3.63) is 28.8 Å². The van der Waals surface area contributed by atoms with E-state index in [1.165, 1.54) is 0 Å². The van der Waals surface area contributed by atoms with Crippen LogP contribution in [0.2, 0.25) is 0 Å². The van der Waals surface area contributed by atoms with Crippen molar-refractivity contribution in [3.63, 3.8) is 0 Å². The van der Waals surface area contributed by atoms with Crippen LogP contribution in [0.15, 0.2) is 12.1 Å². The summed E-state index contributed by atoms with van der Waals surface area (Å²) in [6.07, 6.45) is 1.04. The van der Waals surface area contributed by atoms with Gasteiger partial charge in [0.25, 0.3) is 0 Å². The molecular formula is C14H21ClO2. The van der Waals surface area contributed by atoms with Crippen molar-refractivity contribution >= 4 is 11.6 Å². The molecule has 1 aromatic rings. The fraction of sp³-hybridized carbons (Fsp3) is 0.571. The van der Waals surface area contributed by atoms with Gasteiger partial charge < -0.3 is 9.47 Å². The molecule has 0 aliphatic heterocycles. The van der Waals surface area contributed by atoms with Gasteiger partial charge in [-0.05, 0) is 37.0 Å². The maximum Gasteiger partial charge on any atom is 0.125 e. The molecule has 0 aliphatic rings. The van der Waals surface area contributed by atoms with Crippen LogP contribution in [0.25, 0.3) is 0 Å². The van der Waals surface area contributed by atoms with Crippen molar-refractivity contribution in [1.29, 1.82) is 0 Å². The van der Waals surface area contributed by atoms with Gasteiger partial charge in [-0.2, -0.15) is 0 Å². The van der Waals surface area contributed by atoms with E-state index >= 15 is 0 Å². The van der Waals surface area contributed by atoms with Crippen LogP contribution in [0.3, 0.4) is 0 Å². The highest BCUT2D eigenvalue weighted by atomic mass is 35.5. The molecule has 0 unspecified atom stereocenters. The fourth-order valence-corrected chi connectivity index (χ4v) is 1.95. The molecule has 0 fully saturated rings. The number of aryl methyl sites for hydroxylation is 2. The molecule has 96 valence electrons. The Hall–Kier alpha value is -0.730. The Kier molecular flexibility index (Phi) is 6.38. The second-order valence-corrected chi connectivity index (χ2v) is 4.42. The van der Waals surface area contributed by atoms with Crippen LogP contribution in [0.4, 0.5) is 0 Å². The van der Waals surface area contributed by atoms with Gasteiger partial charge in [-0.25, -0.2) is 0 Å². The Balaban J connectivity index is 2.53. The number of ether oxygens (including phenoxy) is 2. The zero-order chi connectivity index (χ0) is 12.7. The molecule has 0 N–H and O–H groups in total. The molecule has 0 bridgehead atoms. The van der Waals surface area contributed by atoms with Gasteiger partial charge in [-0.3, -0.25) is 0 Å². The van der Waals surface area contributed by atoms with Crippen LogP contribution in [0.5, 0.6) is 5.75 Å². The van der Waals surface area contributed by atoms with Crippen LogP contribution < -0.4 is 4.74 Å². The maximum absolute atomic E-state index is 5.82. The van der Waals surface area contributed by atoms with Crippen molar-refractivity contribution in [2.45, 2.75) is 33.1 Å². The molecule has 17 heavy (non-hydrogen) atoms. The summed E-state index contributed by atoms with van der Waals surface area (Å²) in [7, 11) is 0. The number of alkyl halides is 1. The zero-order valence-electron chi connectivity index (χ0n) is 10.9. The van der Waals surface area contributed by atoms with Gasteiger partial charge in [-0.15, -0.1) is 11.6 Å². The first-order chi connectivity index (χ1) is 8.19. The lowest BCUT2D eigenvalue weighted by Gasteiger charge is -2.13. The smallest absolute Gasteiger partial charge is 0.125 e. The molecule has 2 nitrogen and oxygen atoms in total. The summed E-state index contributed by atoms with van der Waals surface area (Å²) < 4.78 is 11.1. The largest absolute Gasteiger partial charge is 0.491 e. The number of benzene rings is 1. The quantitative estimate of drug-likeness (QED) is 0.545. The second kappa shape index (κ2) is 7.57. The lowest BCUT2D eigenvalue weighted by atomic mass is 10.1. The predicted molar refractivity (Wildman–Crippen MR) is 72.1 cm³/mol. The van der Waals surface area contributed by atoms with Gasteiger partial charge in [0.15, 0.2) is 0 Å². The molecular weight excluding hydrogens is 236 g/mol. The summed E-state index contributed by atoms with van der Waals surface area (Å²) in [6, 6.07) is 4.14. The second-order valence-electron chi connectivity index (χ2n) is 4.15. The molecule has 0 spiro atoms. The van der Waals surface area contributed by atoms with E-state index in [0.29, 0.717) is 19.1 Å². The third-order valence-electron chi connectivity index (χ3n) is 2.50. The van der Waals surface area contributed by atoms with Crippen LogP contribution in [0, 0.1) is 13.8 Å². The van der Waals surface area contributed by atoms with E-state index in [2.05, 4.69) is 19.1 Å². The van der Waals surface area contributed by atoms with Crippen molar-refractivity contribution in [2.24, 2.45) is 0 Å². The van der Waals surface area contributed by atoms with Gasteiger partial charge in [0, 0.05) is 12.5 Å². The first-order valence-corrected chi connectivity index (χ1v) is 6.59. The van der Waals surface area contributed by atoms with E-state index in [9.17, 15) is 0 Å². The van der Waals surface area contributed by atoms with Crippen molar-refractivity contribution in [3.8, 4) is 5.75 Å². The van der Waals surface area contributed by atoms with Gasteiger partial charge in [0.1, 0.15) is 12.4 Å². The van der Waals surface area contributed by atoms with Gasteiger partial charge >= 0.3 is 0 Å². The molecule has 1 aromatic carbocycles. The van der Waals surface area contributed by atoms with E-state index in [0.717, 1.165) is 35.5 Å². The molecule has 0 atom stereocenters. The zero-order valence-corrected chi connectivity index (χ0v) is 11.6. The van der Waals surface area contributed by atoms with E-state index in [1.807, 2.05) is 13.8 Å². The van der Waals surface area contributed by atoms with Crippen LogP contribution in [-0.2, 0) is 10.6 Å². The molecule has 0 aromatic heterocycles. The normalized spacial score (nSPS) is 10.6. The summed E-state index contributed by atoms with van der Waals surface area (Å²) in [4.78, 5) is 0. The Labute approximate surface area is 109 Å². The van der Waals surface area contributed by atoms with Crippen molar-refractivity contribution in [2.75, 3.05) is 19.8 Å². The van der Waals surface area contributed by atoms with Crippen LogP contribution in [-0.4, -0.2) is 19.8 Å². The van der Waals surface area contributed by atoms with Gasteiger partial charge in [0.2, 0.25) is 0 Å². The number of hydrogen-bond acceptors (Lipinski definition) is 2. The topological polar surface area (TPSA) is 18.5 Å². The average Bonchev–Trinajstić information content (AvgIpc) is 2.31. The van der Waals surface area contributed by atoms with E-state index < -0.39 is 0 Å². The fourth-order valence-electron chi connectivity index (χ4n) is 1.79. The number of halogens is 1. The lowest BCUT2D eigenvalue weighted by molar-refractivity contribution is 0.100. The Morgan fingerprint density at radius 2 is 1.71 bits per heavy atom. The molecule has 0 amide bonds. The maximum atomic E-state index is 5.82. The molecule has 0 radical (unpaired) electrons. The molecule has 0 heterocycles. The van der Waals surface area contributed by atoms with Crippen LogP contribution in [0.1, 0.15) is 30.0 Å². The molecule has 3 heteroatoms. The summed E-state index contributed by atoms with van der Waals surface area (Å²) >= 11 is 5.82. The minimum Gasteiger partial charge on any atom is -0.491 e. The molecule has 0 saturated heterocycles. The first-order valence-electron chi connectivity index (χ1n) is 6.05. The monoisotopic (exact) mass is 256 g/mol. The predicted octanol–water partition coefficient (Wildman–Crippen LogP) is 3.85. The Morgan fingerprint density at radius 3 is 2.24 bits per heavy atom. The number of hydrogen-bond donors (Lipinski definition) is 0. The SMILES string of the molecule is CCCOCCOc1c(C)cc(CCl)cc1C. The van der Waals surface area contributed by atoms with E-state index in [1.54, 1.807) is 0 Å². The molecule has 0 saturated carbocycles. The molecule has 0 aliphatic carbocycles. The highest BCUT2D eigenvalue weighted by molar-refractivity contribution is 6.17. The average molecular weight is 257 g/mol. The summed E-state index contributed by atoms with van der Waals surface area (Å²) in [5.74, 6) is 1.50. The summed E-state index contributed by atoms with van der Waals surface area (Å²) in [6.45, 7) is 8.23. The first kappa shape index (κ1) is 14.3. The summed E-state index contributed by atoms with van der Waals surface area (Å²) in [5, 5.41) is 0. The van der Waals surface area contributed by atoms with E-state index in [4.69, 9.17) is 21.1 Å². The summed E-state index contributed by atoms with van der Waals surface area (Å²) in [5.41, 5.74) is 3.41. The highest BCUT2D eigenvalue weighted by Gasteiger charge is 2.05. The van der Waals surface area contributed by atoms with Gasteiger partial charge in [0.05, 0.1) is 6.61 Å². The highest BCUT2D eigenvalue weighted by Crippen LogP contribution is 2.25. The third-order valence-corrected chi connectivity index (χ3v) is 2.81.